The molecule has 8 nitrogen and oxygen atoms in total. The van der Waals surface area contributed by atoms with Gasteiger partial charge in [-0.15, -0.1) is 0 Å². The van der Waals surface area contributed by atoms with Crippen LogP contribution in [0.2, 0.25) is 0 Å². The van der Waals surface area contributed by atoms with Gasteiger partial charge in [0, 0.05) is 32.2 Å². The van der Waals surface area contributed by atoms with Crippen LogP contribution >= 0.6 is 0 Å². The molecule has 0 saturated carbocycles. The zero-order valence-electron chi connectivity index (χ0n) is 22.1. The van der Waals surface area contributed by atoms with Crippen molar-refractivity contribution in [1.82, 2.24) is 19.4 Å². The lowest BCUT2D eigenvalue weighted by molar-refractivity contribution is -0.113. The maximum atomic E-state index is 13.1. The minimum atomic E-state index is -0.506. The van der Waals surface area contributed by atoms with Gasteiger partial charge < -0.3 is 19.4 Å². The first kappa shape index (κ1) is 26.4. The maximum absolute atomic E-state index is 13.1. The Balaban J connectivity index is 1.22. The number of carbonyl (C=O) groups is 2. The summed E-state index contributed by atoms with van der Waals surface area (Å²) in [4.78, 5) is 44.6. The molecule has 1 aliphatic rings. The van der Waals surface area contributed by atoms with E-state index >= 15 is 0 Å². The Bertz CT molecular complexity index is 1410. The van der Waals surface area contributed by atoms with E-state index < -0.39 is 12.0 Å². The number of fused-ring (bicyclic) bond motifs is 1. The molecule has 39 heavy (non-hydrogen) atoms. The first-order valence-corrected chi connectivity index (χ1v) is 13.4. The lowest BCUT2D eigenvalue weighted by Crippen LogP contribution is -2.47. The summed E-state index contributed by atoms with van der Waals surface area (Å²) in [7, 11) is 0. The van der Waals surface area contributed by atoms with Crippen LogP contribution in [0.4, 0.5) is 4.79 Å². The zero-order valence-corrected chi connectivity index (χ0v) is 22.1. The van der Waals surface area contributed by atoms with Crippen LogP contribution < -0.4 is 5.69 Å². The molecule has 0 bridgehead atoms. The molecule has 1 aliphatic heterocycles. The molecular formula is C31H34N4O4. The number of amides is 1. The number of hydrogen-bond acceptors (Lipinski definition) is 5. The van der Waals surface area contributed by atoms with Crippen molar-refractivity contribution >= 4 is 23.4 Å². The average Bonchev–Trinajstić information content (AvgIpc) is 3.31. The first-order valence-electron chi connectivity index (χ1n) is 13.4. The summed E-state index contributed by atoms with van der Waals surface area (Å²) in [5.74, 6) is -0.506. The van der Waals surface area contributed by atoms with Crippen molar-refractivity contribution in [3.63, 3.8) is 0 Å². The molecular weight excluding hydrogens is 492 g/mol. The summed E-state index contributed by atoms with van der Waals surface area (Å²) >= 11 is 0. The third-order valence-electron chi connectivity index (χ3n) is 7.54. The van der Waals surface area contributed by atoms with E-state index in [9.17, 15) is 14.4 Å². The number of hydrogen-bond donors (Lipinski definition) is 1. The van der Waals surface area contributed by atoms with Gasteiger partial charge in [-0.3, -0.25) is 9.47 Å². The number of imidazole rings is 1. The highest BCUT2D eigenvalue weighted by atomic mass is 16.6. The van der Waals surface area contributed by atoms with Gasteiger partial charge in [-0.25, -0.2) is 9.59 Å². The summed E-state index contributed by atoms with van der Waals surface area (Å²) in [6, 6.07) is 27.6. The molecule has 1 fully saturated rings. The van der Waals surface area contributed by atoms with Crippen molar-refractivity contribution < 1.29 is 14.3 Å². The van der Waals surface area contributed by atoms with Gasteiger partial charge in [0.2, 0.25) is 0 Å². The summed E-state index contributed by atoms with van der Waals surface area (Å²) in [5, 5.41) is 0. The lowest BCUT2D eigenvalue weighted by atomic mass is 9.93. The third-order valence-corrected chi connectivity index (χ3v) is 7.54. The molecule has 2 heterocycles. The Labute approximate surface area is 227 Å². The van der Waals surface area contributed by atoms with E-state index in [2.05, 4.69) is 41.1 Å². The highest BCUT2D eigenvalue weighted by Crippen LogP contribution is 2.29. The monoisotopic (exact) mass is 526 g/mol. The molecule has 202 valence electrons. The summed E-state index contributed by atoms with van der Waals surface area (Å²) in [6.45, 7) is 4.37. The lowest BCUT2D eigenvalue weighted by Gasteiger charge is -2.36. The van der Waals surface area contributed by atoms with Crippen molar-refractivity contribution in [2.24, 2.45) is 5.92 Å². The Morgan fingerprint density at radius 2 is 1.62 bits per heavy atom. The predicted octanol–water partition coefficient (Wildman–Crippen LogP) is 4.62. The number of ether oxygens (including phenoxy) is 1. The number of aromatic nitrogens is 2. The van der Waals surface area contributed by atoms with Crippen molar-refractivity contribution in [1.29, 1.82) is 0 Å². The Hall–Kier alpha value is -4.17. The number of nitrogens with zero attached hydrogens (tertiary/aromatic N) is 3. The molecule has 1 saturated heterocycles. The molecule has 1 N–H and O–H groups in total. The fourth-order valence-corrected chi connectivity index (χ4v) is 5.39. The molecule has 3 atom stereocenters. The van der Waals surface area contributed by atoms with Gasteiger partial charge in [-0.2, -0.15) is 0 Å². The van der Waals surface area contributed by atoms with Crippen LogP contribution in [0.15, 0.2) is 89.7 Å². The molecule has 8 heteroatoms. The number of piperidine rings is 1. The van der Waals surface area contributed by atoms with Crippen LogP contribution in [0.25, 0.3) is 11.0 Å². The largest absolute Gasteiger partial charge is 0.448 e. The van der Waals surface area contributed by atoms with Gasteiger partial charge >= 0.3 is 11.8 Å². The molecule has 5 rings (SSSR count). The Morgan fingerprint density at radius 3 is 2.26 bits per heavy atom. The topological polar surface area (TPSA) is 87.6 Å². The fourth-order valence-electron chi connectivity index (χ4n) is 5.39. The van der Waals surface area contributed by atoms with Crippen molar-refractivity contribution in [3.8, 4) is 0 Å². The number of benzene rings is 3. The van der Waals surface area contributed by atoms with Crippen LogP contribution in [0, 0.1) is 5.92 Å². The van der Waals surface area contributed by atoms with E-state index in [4.69, 9.17) is 4.74 Å². The zero-order chi connectivity index (χ0) is 27.2. The van der Waals surface area contributed by atoms with Gasteiger partial charge in [-0.05, 0) is 36.6 Å². The van der Waals surface area contributed by atoms with Gasteiger partial charge in [0.25, 0.3) is 0 Å². The van der Waals surface area contributed by atoms with E-state index in [1.807, 2.05) is 60.7 Å². The predicted molar refractivity (Wildman–Crippen MR) is 150 cm³/mol. The molecule has 4 aromatic rings. The highest BCUT2D eigenvalue weighted by molar-refractivity contribution is 5.75. The molecule has 0 aliphatic carbocycles. The Kier molecular flexibility index (Phi) is 8.22. The second-order valence-corrected chi connectivity index (χ2v) is 10.2. The standard InChI is InChI=1S/C31H34N4O4/c1-23(34(18-24-10-4-2-5-11-24)19-25-12-6-3-7-13-25)22-39-31(38)33-17-16-28(26(20-33)21-36)35-29-15-9-8-14-27(29)32-30(35)37/h2-15,21,23,26,28H,16-20,22H2,1H3,(H,32,37)/t23-,26?,28?/m0/s1. The van der Waals surface area contributed by atoms with E-state index in [-0.39, 0.29) is 30.9 Å². The second-order valence-electron chi connectivity index (χ2n) is 10.2. The van der Waals surface area contributed by atoms with Crippen LogP contribution in [-0.4, -0.2) is 57.5 Å². The molecule has 1 amide bonds. The number of para-hydroxylation sites is 2. The molecule has 2 unspecified atom stereocenters. The summed E-state index contributed by atoms with van der Waals surface area (Å²) in [6.07, 6.45) is 0.907. The number of nitrogens with one attached hydrogen (secondary N) is 1. The van der Waals surface area contributed by atoms with E-state index in [1.54, 1.807) is 9.47 Å². The van der Waals surface area contributed by atoms with Crippen LogP contribution in [0.3, 0.4) is 0 Å². The summed E-state index contributed by atoms with van der Waals surface area (Å²) in [5.41, 5.74) is 3.64. The Morgan fingerprint density at radius 1 is 1.00 bits per heavy atom. The maximum Gasteiger partial charge on any atom is 0.409 e. The molecule has 3 aromatic carbocycles. The van der Waals surface area contributed by atoms with E-state index in [0.29, 0.717) is 13.0 Å². The first-order chi connectivity index (χ1) is 19.0. The number of aromatic amines is 1. The van der Waals surface area contributed by atoms with E-state index in [0.717, 1.165) is 30.4 Å². The number of carbonyl (C=O) groups excluding carboxylic acids is 2. The number of H-pyrrole nitrogens is 1. The van der Waals surface area contributed by atoms with Gasteiger partial charge in [-0.1, -0.05) is 72.8 Å². The fraction of sp³-hybridized carbons (Fsp3) is 0.323. The van der Waals surface area contributed by atoms with Crippen LogP contribution in [0.5, 0.6) is 0 Å². The minimum absolute atomic E-state index is 0.0291. The van der Waals surface area contributed by atoms with Crippen molar-refractivity contribution in [3.05, 3.63) is 107 Å². The number of rotatable bonds is 9. The van der Waals surface area contributed by atoms with E-state index in [1.165, 1.54) is 11.1 Å². The van der Waals surface area contributed by atoms with Crippen molar-refractivity contribution in [2.75, 3.05) is 19.7 Å². The smallest absolute Gasteiger partial charge is 0.409 e. The summed E-state index contributed by atoms with van der Waals surface area (Å²) < 4.78 is 7.42. The van der Waals surface area contributed by atoms with Gasteiger partial charge in [0.05, 0.1) is 23.0 Å². The third kappa shape index (κ3) is 6.12. The average molecular weight is 527 g/mol. The van der Waals surface area contributed by atoms with Crippen LogP contribution in [-0.2, 0) is 22.6 Å². The van der Waals surface area contributed by atoms with Crippen molar-refractivity contribution in [2.45, 2.75) is 38.5 Å². The number of likely N-dealkylation sites (tertiary alicyclic amines) is 1. The SMILES string of the molecule is C[C@@H](COC(=O)N1CCC(n2c(=O)[nH]c3ccccc32)C(C=O)C1)N(Cc1ccccc1)Cc1ccccc1. The van der Waals surface area contributed by atoms with Gasteiger partial charge in [0.15, 0.2) is 0 Å². The highest BCUT2D eigenvalue weighted by Gasteiger charge is 2.35. The van der Waals surface area contributed by atoms with Crippen LogP contribution in [0.1, 0.15) is 30.5 Å². The molecule has 0 spiro atoms. The second kappa shape index (κ2) is 12.1. The normalized spacial score (nSPS) is 18.3. The quantitative estimate of drug-likeness (QED) is 0.322. The molecule has 0 radical (unpaired) electrons. The molecule has 1 aromatic heterocycles. The minimum Gasteiger partial charge on any atom is -0.448 e. The van der Waals surface area contributed by atoms with Gasteiger partial charge in [0.1, 0.15) is 12.9 Å². The number of aldehydes is 1.